The van der Waals surface area contributed by atoms with Crippen molar-refractivity contribution in [2.75, 3.05) is 20.1 Å². The Morgan fingerprint density at radius 2 is 2.37 bits per heavy atom. The van der Waals surface area contributed by atoms with Crippen LogP contribution in [-0.4, -0.2) is 30.0 Å². The van der Waals surface area contributed by atoms with Crippen LogP contribution in [-0.2, 0) is 6.42 Å². The number of benzene rings is 1. The van der Waals surface area contributed by atoms with Crippen LogP contribution in [0.25, 0.3) is 0 Å². The molecule has 0 saturated carbocycles. The molecule has 0 bridgehead atoms. The van der Waals surface area contributed by atoms with E-state index in [0.717, 1.165) is 48.2 Å². The lowest BCUT2D eigenvalue weighted by Crippen LogP contribution is -2.13. The van der Waals surface area contributed by atoms with Crippen molar-refractivity contribution in [3.63, 3.8) is 0 Å². The van der Waals surface area contributed by atoms with Gasteiger partial charge in [0.15, 0.2) is 5.89 Å². The third kappa shape index (κ3) is 2.99. The van der Waals surface area contributed by atoms with Gasteiger partial charge in [-0.15, -0.1) is 0 Å². The predicted molar refractivity (Wildman–Crippen MR) is 75.6 cm³/mol. The summed E-state index contributed by atoms with van der Waals surface area (Å²) in [4.78, 5) is 6.74. The lowest BCUT2D eigenvalue weighted by Gasteiger charge is -2.06. The van der Waals surface area contributed by atoms with Crippen molar-refractivity contribution in [2.24, 2.45) is 0 Å². The molecule has 1 atom stereocenters. The molecule has 1 saturated heterocycles. The highest BCUT2D eigenvalue weighted by Crippen LogP contribution is 2.26. The number of aromatic nitrogens is 1. The van der Waals surface area contributed by atoms with Gasteiger partial charge in [0.05, 0.1) is 6.20 Å². The van der Waals surface area contributed by atoms with Crippen molar-refractivity contribution in [3.05, 3.63) is 52.7 Å². The Bertz CT molecular complexity index is 567. The minimum atomic E-state index is 0.443. The molecule has 100 valence electrons. The normalized spacial score (nSPS) is 20.0. The summed E-state index contributed by atoms with van der Waals surface area (Å²) in [6, 6.07) is 7.86. The summed E-state index contributed by atoms with van der Waals surface area (Å²) in [5, 5.41) is 0.759. The average Bonchev–Trinajstić information content (AvgIpc) is 2.98. The third-order valence-corrected chi connectivity index (χ3v) is 3.81. The van der Waals surface area contributed by atoms with Crippen molar-refractivity contribution in [1.82, 2.24) is 9.88 Å². The van der Waals surface area contributed by atoms with E-state index in [9.17, 15) is 0 Å². The van der Waals surface area contributed by atoms with E-state index in [2.05, 4.69) is 23.0 Å². The molecule has 2 aromatic rings. The molecule has 1 fully saturated rings. The van der Waals surface area contributed by atoms with Crippen molar-refractivity contribution in [2.45, 2.75) is 18.8 Å². The van der Waals surface area contributed by atoms with E-state index < -0.39 is 0 Å². The Kier molecular flexibility index (Phi) is 3.58. The number of rotatable bonds is 3. The number of halogens is 1. The SMILES string of the molecule is CN1CC[C@@H](c2ncc(Cc3cccc(Cl)c3)o2)C1. The standard InChI is InChI=1S/C15H17ClN2O/c1-18-6-5-12(10-18)15-17-9-14(19-15)8-11-3-2-4-13(16)7-11/h2-4,7,9,12H,5-6,8,10H2,1H3/t12-/m1/s1. The quantitative estimate of drug-likeness (QED) is 0.861. The maximum Gasteiger partial charge on any atom is 0.198 e. The monoisotopic (exact) mass is 276 g/mol. The molecule has 0 spiro atoms. The van der Waals surface area contributed by atoms with E-state index in [4.69, 9.17) is 16.0 Å². The van der Waals surface area contributed by atoms with E-state index in [1.54, 1.807) is 0 Å². The smallest absolute Gasteiger partial charge is 0.198 e. The van der Waals surface area contributed by atoms with Gasteiger partial charge in [-0.25, -0.2) is 4.98 Å². The maximum atomic E-state index is 5.98. The van der Waals surface area contributed by atoms with Gasteiger partial charge < -0.3 is 9.32 Å². The average molecular weight is 277 g/mol. The number of likely N-dealkylation sites (tertiary alicyclic amines) is 1. The van der Waals surface area contributed by atoms with Gasteiger partial charge in [0.1, 0.15) is 5.76 Å². The molecule has 0 amide bonds. The predicted octanol–water partition coefficient (Wildman–Crippen LogP) is 3.34. The van der Waals surface area contributed by atoms with Crippen LogP contribution in [0.2, 0.25) is 5.02 Å². The van der Waals surface area contributed by atoms with Gasteiger partial charge in [-0.05, 0) is 37.7 Å². The van der Waals surface area contributed by atoms with E-state index in [1.165, 1.54) is 0 Å². The van der Waals surface area contributed by atoms with Crippen LogP contribution in [0.3, 0.4) is 0 Å². The van der Waals surface area contributed by atoms with Crippen molar-refractivity contribution in [1.29, 1.82) is 0 Å². The van der Waals surface area contributed by atoms with E-state index in [-0.39, 0.29) is 0 Å². The molecule has 0 aliphatic carbocycles. The van der Waals surface area contributed by atoms with Crippen molar-refractivity contribution in [3.8, 4) is 0 Å². The molecule has 3 nitrogen and oxygen atoms in total. The Labute approximate surface area is 118 Å². The molecule has 0 N–H and O–H groups in total. The van der Waals surface area contributed by atoms with Crippen LogP contribution in [0.5, 0.6) is 0 Å². The first-order valence-electron chi connectivity index (χ1n) is 6.58. The Morgan fingerprint density at radius 3 is 3.11 bits per heavy atom. The molecule has 2 heterocycles. The Morgan fingerprint density at radius 1 is 1.47 bits per heavy atom. The largest absolute Gasteiger partial charge is 0.445 e. The zero-order valence-corrected chi connectivity index (χ0v) is 11.7. The van der Waals surface area contributed by atoms with Gasteiger partial charge >= 0.3 is 0 Å². The molecule has 1 aliphatic heterocycles. The Hall–Kier alpha value is -1.32. The second-order valence-electron chi connectivity index (χ2n) is 5.22. The van der Waals surface area contributed by atoms with Gasteiger partial charge in [0.2, 0.25) is 0 Å². The summed E-state index contributed by atoms with van der Waals surface area (Å²) >= 11 is 5.98. The van der Waals surface area contributed by atoms with Crippen LogP contribution in [0.4, 0.5) is 0 Å². The first-order valence-corrected chi connectivity index (χ1v) is 6.96. The molecule has 1 aromatic heterocycles. The summed E-state index contributed by atoms with van der Waals surface area (Å²) in [5.74, 6) is 2.23. The van der Waals surface area contributed by atoms with Crippen molar-refractivity contribution < 1.29 is 4.42 Å². The first-order chi connectivity index (χ1) is 9.20. The van der Waals surface area contributed by atoms with Gasteiger partial charge in [-0.1, -0.05) is 23.7 Å². The summed E-state index contributed by atoms with van der Waals surface area (Å²) in [6.07, 6.45) is 3.72. The van der Waals surface area contributed by atoms with Crippen LogP contribution < -0.4 is 0 Å². The lowest BCUT2D eigenvalue weighted by atomic mass is 10.1. The molecule has 1 aliphatic rings. The minimum Gasteiger partial charge on any atom is -0.445 e. The zero-order valence-electron chi connectivity index (χ0n) is 11.0. The molecule has 0 unspecified atom stereocenters. The number of oxazole rings is 1. The summed E-state index contributed by atoms with van der Waals surface area (Å²) < 4.78 is 5.88. The fourth-order valence-electron chi connectivity index (χ4n) is 2.58. The summed E-state index contributed by atoms with van der Waals surface area (Å²) in [6.45, 7) is 2.16. The number of hydrogen-bond donors (Lipinski definition) is 0. The van der Waals surface area contributed by atoms with E-state index in [0.29, 0.717) is 5.92 Å². The van der Waals surface area contributed by atoms with Gasteiger partial charge in [-0.2, -0.15) is 0 Å². The summed E-state index contributed by atoms with van der Waals surface area (Å²) in [5.41, 5.74) is 1.15. The number of likely N-dealkylation sites (N-methyl/N-ethyl adjacent to an activating group) is 1. The zero-order chi connectivity index (χ0) is 13.2. The number of hydrogen-bond acceptors (Lipinski definition) is 3. The second-order valence-corrected chi connectivity index (χ2v) is 5.66. The molecule has 19 heavy (non-hydrogen) atoms. The van der Waals surface area contributed by atoms with Crippen LogP contribution in [0.15, 0.2) is 34.9 Å². The highest BCUT2D eigenvalue weighted by Gasteiger charge is 2.25. The fourth-order valence-corrected chi connectivity index (χ4v) is 2.79. The van der Waals surface area contributed by atoms with Gasteiger partial charge in [0.25, 0.3) is 0 Å². The van der Waals surface area contributed by atoms with Crippen LogP contribution in [0.1, 0.15) is 29.6 Å². The molecule has 3 rings (SSSR count). The van der Waals surface area contributed by atoms with Crippen LogP contribution in [0, 0.1) is 0 Å². The highest BCUT2D eigenvalue weighted by molar-refractivity contribution is 6.30. The second kappa shape index (κ2) is 5.35. The number of nitrogens with zero attached hydrogens (tertiary/aromatic N) is 2. The van der Waals surface area contributed by atoms with Crippen molar-refractivity contribution >= 4 is 11.6 Å². The summed E-state index contributed by atoms with van der Waals surface area (Å²) in [7, 11) is 2.13. The molecule has 4 heteroatoms. The lowest BCUT2D eigenvalue weighted by molar-refractivity contribution is 0.385. The maximum absolute atomic E-state index is 5.98. The topological polar surface area (TPSA) is 29.3 Å². The van der Waals surface area contributed by atoms with E-state index >= 15 is 0 Å². The highest BCUT2D eigenvalue weighted by atomic mass is 35.5. The molecular formula is C15H17ClN2O. The molecule has 0 radical (unpaired) electrons. The molecule has 1 aromatic carbocycles. The first kappa shape index (κ1) is 12.7. The van der Waals surface area contributed by atoms with Gasteiger partial charge in [-0.3, -0.25) is 0 Å². The third-order valence-electron chi connectivity index (χ3n) is 3.58. The van der Waals surface area contributed by atoms with Crippen LogP contribution >= 0.6 is 11.6 Å². The fraction of sp³-hybridized carbons (Fsp3) is 0.400. The molecular weight excluding hydrogens is 260 g/mol. The Balaban J connectivity index is 1.71. The van der Waals surface area contributed by atoms with E-state index in [1.807, 2.05) is 24.4 Å². The minimum absolute atomic E-state index is 0.443. The van der Waals surface area contributed by atoms with Gasteiger partial charge in [0, 0.05) is 23.9 Å².